The van der Waals surface area contributed by atoms with Crippen LogP contribution >= 0.6 is 0 Å². The Kier molecular flexibility index (Phi) is 6.76. The molecule has 20 heavy (non-hydrogen) atoms. The summed E-state index contributed by atoms with van der Waals surface area (Å²) in [5.74, 6) is 2.50. The van der Waals surface area contributed by atoms with E-state index in [-0.39, 0.29) is 5.91 Å². The molecule has 1 aromatic rings. The van der Waals surface area contributed by atoms with Gasteiger partial charge in [-0.3, -0.25) is 4.79 Å². The molecule has 1 amide bonds. The summed E-state index contributed by atoms with van der Waals surface area (Å²) in [6.45, 7) is 5.60. The molecule has 0 spiro atoms. The molecule has 0 aromatic carbocycles. The average molecular weight is 279 g/mol. The summed E-state index contributed by atoms with van der Waals surface area (Å²) in [5.41, 5.74) is 0. The van der Waals surface area contributed by atoms with Crippen molar-refractivity contribution in [2.24, 2.45) is 0 Å². The number of carbonyl (C=O) groups excluding carboxylic acids is 1. The van der Waals surface area contributed by atoms with E-state index in [1.54, 1.807) is 19.0 Å². The van der Waals surface area contributed by atoms with Gasteiger partial charge in [0.25, 0.3) is 0 Å². The summed E-state index contributed by atoms with van der Waals surface area (Å²) in [6, 6.07) is 1.88. The van der Waals surface area contributed by atoms with Crippen molar-refractivity contribution in [3.05, 3.63) is 11.9 Å². The number of anilines is 2. The molecular weight excluding hydrogens is 254 g/mol. The zero-order valence-corrected chi connectivity index (χ0v) is 12.9. The maximum atomic E-state index is 11.5. The van der Waals surface area contributed by atoms with Gasteiger partial charge < -0.3 is 15.5 Å². The number of nitrogens with one attached hydrogen (secondary N) is 2. The van der Waals surface area contributed by atoms with Gasteiger partial charge in [-0.05, 0) is 6.42 Å². The molecule has 1 rings (SSSR count). The number of rotatable bonds is 8. The van der Waals surface area contributed by atoms with Crippen LogP contribution in [0.1, 0.15) is 32.5 Å². The Morgan fingerprint density at radius 3 is 2.25 bits per heavy atom. The van der Waals surface area contributed by atoms with Crippen LogP contribution in [0.25, 0.3) is 0 Å². The standard InChI is InChI=1S/C14H25N5O/c1-5-8-15-12-10-13(18-11(6-2)17-12)16-9-7-14(20)19(3)4/h10H,5-9H2,1-4H3,(H2,15,16,17,18). The Morgan fingerprint density at radius 2 is 1.75 bits per heavy atom. The lowest BCUT2D eigenvalue weighted by atomic mass is 10.3. The van der Waals surface area contributed by atoms with Gasteiger partial charge in [0.1, 0.15) is 17.5 Å². The van der Waals surface area contributed by atoms with Gasteiger partial charge in [0.15, 0.2) is 0 Å². The Bertz CT molecular complexity index is 434. The number of hydrogen-bond donors (Lipinski definition) is 2. The number of hydrogen-bond acceptors (Lipinski definition) is 5. The predicted octanol–water partition coefficient (Wildman–Crippen LogP) is 1.75. The third kappa shape index (κ3) is 5.42. The van der Waals surface area contributed by atoms with E-state index in [2.05, 4.69) is 27.5 Å². The Morgan fingerprint density at radius 1 is 1.15 bits per heavy atom. The molecule has 6 nitrogen and oxygen atoms in total. The van der Waals surface area contributed by atoms with Gasteiger partial charge in [-0.1, -0.05) is 13.8 Å². The van der Waals surface area contributed by atoms with E-state index in [0.29, 0.717) is 13.0 Å². The van der Waals surface area contributed by atoms with Crippen molar-refractivity contribution >= 4 is 17.5 Å². The monoisotopic (exact) mass is 279 g/mol. The third-order valence-electron chi connectivity index (χ3n) is 2.79. The second-order valence-electron chi connectivity index (χ2n) is 4.80. The quantitative estimate of drug-likeness (QED) is 0.758. The summed E-state index contributed by atoms with van der Waals surface area (Å²) < 4.78 is 0. The van der Waals surface area contributed by atoms with Gasteiger partial charge in [-0.25, -0.2) is 9.97 Å². The highest BCUT2D eigenvalue weighted by atomic mass is 16.2. The van der Waals surface area contributed by atoms with E-state index in [1.165, 1.54) is 0 Å². The van der Waals surface area contributed by atoms with Crippen LogP contribution in [0, 0.1) is 0 Å². The van der Waals surface area contributed by atoms with Crippen LogP contribution in [0.4, 0.5) is 11.6 Å². The van der Waals surface area contributed by atoms with Crippen LogP contribution in [-0.2, 0) is 11.2 Å². The first-order valence-electron chi connectivity index (χ1n) is 7.12. The SMILES string of the molecule is CCCNc1cc(NCCC(=O)N(C)C)nc(CC)n1. The zero-order valence-electron chi connectivity index (χ0n) is 12.9. The molecule has 0 aliphatic heterocycles. The molecule has 2 N–H and O–H groups in total. The molecule has 0 unspecified atom stereocenters. The van der Waals surface area contributed by atoms with Crippen LogP contribution in [-0.4, -0.2) is 48.0 Å². The summed E-state index contributed by atoms with van der Waals surface area (Å²) in [4.78, 5) is 21.9. The first-order valence-corrected chi connectivity index (χ1v) is 7.12. The van der Waals surface area contributed by atoms with Crippen molar-refractivity contribution in [2.45, 2.75) is 33.1 Å². The van der Waals surface area contributed by atoms with Crippen LogP contribution in [0.3, 0.4) is 0 Å². The van der Waals surface area contributed by atoms with Gasteiger partial charge in [-0.15, -0.1) is 0 Å². The van der Waals surface area contributed by atoms with Gasteiger partial charge in [0.2, 0.25) is 5.91 Å². The molecule has 112 valence electrons. The molecule has 6 heteroatoms. The van der Waals surface area contributed by atoms with Crippen LogP contribution < -0.4 is 10.6 Å². The minimum atomic E-state index is 0.103. The van der Waals surface area contributed by atoms with Gasteiger partial charge >= 0.3 is 0 Å². The predicted molar refractivity (Wildman–Crippen MR) is 82.0 cm³/mol. The zero-order chi connectivity index (χ0) is 15.0. The summed E-state index contributed by atoms with van der Waals surface area (Å²) in [7, 11) is 3.52. The van der Waals surface area contributed by atoms with Gasteiger partial charge in [0, 0.05) is 46.1 Å². The highest BCUT2D eigenvalue weighted by Gasteiger charge is 2.06. The van der Waals surface area contributed by atoms with Crippen molar-refractivity contribution in [1.82, 2.24) is 14.9 Å². The van der Waals surface area contributed by atoms with E-state index in [4.69, 9.17) is 0 Å². The van der Waals surface area contributed by atoms with Crippen molar-refractivity contribution < 1.29 is 4.79 Å². The number of amides is 1. The minimum absolute atomic E-state index is 0.103. The molecule has 1 heterocycles. The maximum Gasteiger partial charge on any atom is 0.223 e. The largest absolute Gasteiger partial charge is 0.370 e. The van der Waals surface area contributed by atoms with Gasteiger partial charge in [-0.2, -0.15) is 0 Å². The second-order valence-corrected chi connectivity index (χ2v) is 4.80. The molecule has 1 aromatic heterocycles. The fraction of sp³-hybridized carbons (Fsp3) is 0.643. The Balaban J connectivity index is 2.61. The first kappa shape index (κ1) is 16.2. The fourth-order valence-corrected chi connectivity index (χ4v) is 1.61. The van der Waals surface area contributed by atoms with E-state index in [1.807, 2.05) is 13.0 Å². The summed E-state index contributed by atoms with van der Waals surface area (Å²) >= 11 is 0. The highest BCUT2D eigenvalue weighted by Crippen LogP contribution is 2.12. The molecule has 0 saturated carbocycles. The lowest BCUT2D eigenvalue weighted by Gasteiger charge is -2.12. The van der Waals surface area contributed by atoms with Crippen LogP contribution in [0.5, 0.6) is 0 Å². The van der Waals surface area contributed by atoms with Crippen LogP contribution in [0.2, 0.25) is 0 Å². The lowest BCUT2D eigenvalue weighted by molar-refractivity contribution is -0.128. The van der Waals surface area contributed by atoms with E-state index in [0.717, 1.165) is 36.8 Å². The Hall–Kier alpha value is -1.85. The average Bonchev–Trinajstić information content (AvgIpc) is 2.44. The van der Waals surface area contributed by atoms with E-state index >= 15 is 0 Å². The van der Waals surface area contributed by atoms with Crippen molar-refractivity contribution in [3.63, 3.8) is 0 Å². The molecule has 0 saturated heterocycles. The molecule has 0 bridgehead atoms. The number of aromatic nitrogens is 2. The number of carbonyl (C=O) groups is 1. The summed E-state index contributed by atoms with van der Waals surface area (Å²) in [6.07, 6.45) is 2.29. The molecule has 0 fully saturated rings. The molecule has 0 aliphatic rings. The molecule has 0 aliphatic carbocycles. The fourth-order valence-electron chi connectivity index (χ4n) is 1.61. The molecule has 0 atom stereocenters. The lowest BCUT2D eigenvalue weighted by Crippen LogP contribution is -2.24. The topological polar surface area (TPSA) is 70.2 Å². The molecule has 0 radical (unpaired) electrons. The minimum Gasteiger partial charge on any atom is -0.370 e. The van der Waals surface area contributed by atoms with E-state index < -0.39 is 0 Å². The Labute approximate surface area is 121 Å². The number of aryl methyl sites for hydroxylation is 1. The van der Waals surface area contributed by atoms with Crippen molar-refractivity contribution in [3.8, 4) is 0 Å². The summed E-state index contributed by atoms with van der Waals surface area (Å²) in [5, 5.41) is 6.44. The van der Waals surface area contributed by atoms with Gasteiger partial charge in [0.05, 0.1) is 0 Å². The van der Waals surface area contributed by atoms with Crippen molar-refractivity contribution in [2.75, 3.05) is 37.8 Å². The normalized spacial score (nSPS) is 10.2. The van der Waals surface area contributed by atoms with E-state index in [9.17, 15) is 4.79 Å². The molecular formula is C14H25N5O. The first-order chi connectivity index (χ1) is 9.56. The third-order valence-corrected chi connectivity index (χ3v) is 2.79. The maximum absolute atomic E-state index is 11.5. The van der Waals surface area contributed by atoms with Crippen molar-refractivity contribution in [1.29, 1.82) is 0 Å². The highest BCUT2D eigenvalue weighted by molar-refractivity contribution is 5.76. The second kappa shape index (κ2) is 8.35. The number of nitrogens with zero attached hydrogens (tertiary/aromatic N) is 3. The van der Waals surface area contributed by atoms with Crippen LogP contribution in [0.15, 0.2) is 6.07 Å². The smallest absolute Gasteiger partial charge is 0.223 e.